The van der Waals surface area contributed by atoms with E-state index in [4.69, 9.17) is 23.2 Å². The molecule has 64 valence electrons. The minimum Gasteiger partial charge on any atom is -0.276 e. The lowest BCUT2D eigenvalue weighted by molar-refractivity contribution is 0.108. The molecule has 0 aromatic heterocycles. The highest BCUT2D eigenvalue weighted by Gasteiger charge is 2.11. The first kappa shape index (κ1) is 9.56. The highest BCUT2D eigenvalue weighted by molar-refractivity contribution is 6.69. The normalized spacial score (nSPS) is 9.92. The number of carbonyl (C=O) groups is 1. The van der Waals surface area contributed by atoms with Crippen LogP contribution in [0.3, 0.4) is 0 Å². The van der Waals surface area contributed by atoms with E-state index in [1.54, 1.807) is 6.07 Å². The Kier molecular flexibility index (Phi) is 3.12. The predicted molar refractivity (Wildman–Crippen MR) is 51.0 cm³/mol. The summed E-state index contributed by atoms with van der Waals surface area (Å²) in [5, 5.41) is -0.0631. The largest absolute Gasteiger partial charge is 0.276 e. The molecule has 0 spiro atoms. The topological polar surface area (TPSA) is 17.1 Å². The molecule has 1 nitrogen and oxygen atoms in total. The zero-order chi connectivity index (χ0) is 9.14. The molecule has 0 atom stereocenters. The van der Waals surface area contributed by atoms with E-state index < -0.39 is 5.24 Å². The van der Waals surface area contributed by atoms with Crippen LogP contribution in [0, 0.1) is 0 Å². The van der Waals surface area contributed by atoms with Gasteiger partial charge in [0.25, 0.3) is 5.24 Å². The smallest absolute Gasteiger partial charge is 0.254 e. The van der Waals surface area contributed by atoms with Gasteiger partial charge < -0.3 is 0 Å². The molecule has 0 saturated carbocycles. The van der Waals surface area contributed by atoms with Crippen molar-refractivity contribution >= 4 is 28.4 Å². The predicted octanol–water partition coefficient (Wildman–Crippen LogP) is 3.28. The second-order valence-corrected chi connectivity index (χ2v) is 3.15. The summed E-state index contributed by atoms with van der Waals surface area (Å²) in [4.78, 5) is 10.9. The minimum atomic E-state index is -0.488. The SMILES string of the molecule is CCc1cccc(Cl)c1C(=O)Cl. The van der Waals surface area contributed by atoms with Crippen LogP contribution in [0.25, 0.3) is 0 Å². The summed E-state index contributed by atoms with van der Waals surface area (Å²) in [5.41, 5.74) is 1.32. The Labute approximate surface area is 81.3 Å². The molecule has 0 radical (unpaired) electrons. The van der Waals surface area contributed by atoms with Crippen LogP contribution in [0.2, 0.25) is 5.02 Å². The summed E-state index contributed by atoms with van der Waals surface area (Å²) < 4.78 is 0. The van der Waals surface area contributed by atoms with Gasteiger partial charge >= 0.3 is 0 Å². The molecule has 12 heavy (non-hydrogen) atoms. The van der Waals surface area contributed by atoms with Crippen LogP contribution in [-0.4, -0.2) is 5.24 Å². The summed E-state index contributed by atoms with van der Waals surface area (Å²) >= 11 is 11.2. The Morgan fingerprint density at radius 1 is 1.50 bits per heavy atom. The van der Waals surface area contributed by atoms with E-state index in [0.717, 1.165) is 12.0 Å². The fraction of sp³-hybridized carbons (Fsp3) is 0.222. The van der Waals surface area contributed by atoms with Gasteiger partial charge in [0, 0.05) is 0 Å². The van der Waals surface area contributed by atoms with Crippen molar-refractivity contribution in [3.63, 3.8) is 0 Å². The van der Waals surface area contributed by atoms with Crippen LogP contribution < -0.4 is 0 Å². The molecule has 0 heterocycles. The first-order valence-corrected chi connectivity index (χ1v) is 4.39. The first-order valence-electron chi connectivity index (χ1n) is 3.64. The van der Waals surface area contributed by atoms with Crippen molar-refractivity contribution in [3.05, 3.63) is 34.3 Å². The summed E-state index contributed by atoms with van der Waals surface area (Å²) in [7, 11) is 0. The van der Waals surface area contributed by atoms with Gasteiger partial charge in [0.05, 0.1) is 10.6 Å². The van der Waals surface area contributed by atoms with Gasteiger partial charge in [-0.3, -0.25) is 4.79 Å². The minimum absolute atomic E-state index is 0.425. The third kappa shape index (κ3) is 1.79. The van der Waals surface area contributed by atoms with Gasteiger partial charge in [-0.2, -0.15) is 0 Å². The second kappa shape index (κ2) is 3.92. The molecule has 0 aliphatic carbocycles. The van der Waals surface area contributed by atoms with Crippen molar-refractivity contribution in [2.45, 2.75) is 13.3 Å². The summed E-state index contributed by atoms with van der Waals surface area (Å²) in [5.74, 6) is 0. The van der Waals surface area contributed by atoms with Gasteiger partial charge in [-0.25, -0.2) is 0 Å². The number of hydrogen-bond donors (Lipinski definition) is 0. The number of aryl methyl sites for hydroxylation is 1. The van der Waals surface area contributed by atoms with Gasteiger partial charge in [-0.1, -0.05) is 30.7 Å². The lowest BCUT2D eigenvalue weighted by Gasteiger charge is -2.03. The van der Waals surface area contributed by atoms with Crippen molar-refractivity contribution in [2.75, 3.05) is 0 Å². The van der Waals surface area contributed by atoms with Crippen LogP contribution in [0.1, 0.15) is 22.8 Å². The lowest BCUT2D eigenvalue weighted by atomic mass is 10.1. The van der Waals surface area contributed by atoms with Crippen LogP contribution in [0.4, 0.5) is 0 Å². The van der Waals surface area contributed by atoms with Crippen LogP contribution in [0.5, 0.6) is 0 Å². The number of halogens is 2. The fourth-order valence-corrected chi connectivity index (χ4v) is 1.64. The van der Waals surface area contributed by atoms with Crippen LogP contribution >= 0.6 is 23.2 Å². The summed E-state index contributed by atoms with van der Waals surface area (Å²) in [6.45, 7) is 1.95. The van der Waals surface area contributed by atoms with E-state index in [9.17, 15) is 4.79 Å². The molecule has 0 saturated heterocycles. The molecule has 0 aliphatic heterocycles. The summed E-state index contributed by atoms with van der Waals surface area (Å²) in [6.07, 6.45) is 0.758. The molecule has 1 rings (SSSR count). The van der Waals surface area contributed by atoms with E-state index in [-0.39, 0.29) is 0 Å². The maximum Gasteiger partial charge on any atom is 0.254 e. The second-order valence-electron chi connectivity index (χ2n) is 2.40. The zero-order valence-electron chi connectivity index (χ0n) is 6.60. The molecule has 0 amide bonds. The molecule has 3 heteroatoms. The molecule has 0 aliphatic rings. The van der Waals surface area contributed by atoms with Crippen molar-refractivity contribution in [1.29, 1.82) is 0 Å². The molecule has 0 N–H and O–H groups in total. The summed E-state index contributed by atoms with van der Waals surface area (Å²) in [6, 6.07) is 5.32. The van der Waals surface area contributed by atoms with Crippen molar-refractivity contribution in [3.8, 4) is 0 Å². The van der Waals surface area contributed by atoms with Crippen molar-refractivity contribution < 1.29 is 4.79 Å². The number of hydrogen-bond acceptors (Lipinski definition) is 1. The van der Waals surface area contributed by atoms with Crippen LogP contribution in [-0.2, 0) is 6.42 Å². The number of carbonyl (C=O) groups excluding carboxylic acids is 1. The maximum atomic E-state index is 10.9. The molecular formula is C9H8Cl2O. The average Bonchev–Trinajstić information content (AvgIpc) is 2.03. The van der Waals surface area contributed by atoms with E-state index in [1.165, 1.54) is 0 Å². The van der Waals surface area contributed by atoms with Crippen molar-refractivity contribution in [2.24, 2.45) is 0 Å². The molecule has 0 unspecified atom stereocenters. The molecule has 1 aromatic rings. The van der Waals surface area contributed by atoms with Gasteiger partial charge in [0.1, 0.15) is 0 Å². The van der Waals surface area contributed by atoms with Gasteiger partial charge in [0.2, 0.25) is 0 Å². The fourth-order valence-electron chi connectivity index (χ4n) is 1.08. The van der Waals surface area contributed by atoms with Gasteiger partial charge in [0.15, 0.2) is 0 Å². The van der Waals surface area contributed by atoms with E-state index in [0.29, 0.717) is 10.6 Å². The van der Waals surface area contributed by atoms with E-state index in [2.05, 4.69) is 0 Å². The highest BCUT2D eigenvalue weighted by atomic mass is 35.5. The Hall–Kier alpha value is -0.530. The Bertz CT molecular complexity index is 307. The standard InChI is InChI=1S/C9H8Cl2O/c1-2-6-4-3-5-7(10)8(6)9(11)12/h3-5H,2H2,1H3. The lowest BCUT2D eigenvalue weighted by Crippen LogP contribution is -1.96. The first-order chi connectivity index (χ1) is 5.66. The van der Waals surface area contributed by atoms with E-state index >= 15 is 0 Å². The molecule has 1 aromatic carbocycles. The Morgan fingerprint density at radius 3 is 2.58 bits per heavy atom. The zero-order valence-corrected chi connectivity index (χ0v) is 8.12. The molecular weight excluding hydrogens is 195 g/mol. The van der Waals surface area contributed by atoms with E-state index in [1.807, 2.05) is 19.1 Å². The number of benzene rings is 1. The Morgan fingerprint density at radius 2 is 2.17 bits per heavy atom. The van der Waals surface area contributed by atoms with Gasteiger partial charge in [-0.05, 0) is 29.7 Å². The average molecular weight is 203 g/mol. The van der Waals surface area contributed by atoms with Gasteiger partial charge in [-0.15, -0.1) is 0 Å². The maximum absolute atomic E-state index is 10.9. The monoisotopic (exact) mass is 202 g/mol. The Balaban J connectivity index is 3.29. The number of rotatable bonds is 2. The third-order valence-electron chi connectivity index (χ3n) is 1.68. The molecule has 0 bridgehead atoms. The van der Waals surface area contributed by atoms with Crippen LogP contribution in [0.15, 0.2) is 18.2 Å². The highest BCUT2D eigenvalue weighted by Crippen LogP contribution is 2.22. The molecule has 0 fully saturated rings. The third-order valence-corrected chi connectivity index (χ3v) is 2.18. The quantitative estimate of drug-likeness (QED) is 0.674. The van der Waals surface area contributed by atoms with Crippen molar-refractivity contribution in [1.82, 2.24) is 0 Å².